The Morgan fingerprint density at radius 1 is 1.13 bits per heavy atom. The smallest absolute Gasteiger partial charge is 0.287 e. The van der Waals surface area contributed by atoms with E-state index in [2.05, 4.69) is 5.10 Å². The molecule has 0 bridgehead atoms. The van der Waals surface area contributed by atoms with E-state index < -0.39 is 36.6 Å². The van der Waals surface area contributed by atoms with Gasteiger partial charge in [0.2, 0.25) is 5.72 Å². The first-order valence-electron chi connectivity index (χ1n) is 8.81. The van der Waals surface area contributed by atoms with Gasteiger partial charge in [-0.2, -0.15) is 10.1 Å². The fourth-order valence-electron chi connectivity index (χ4n) is 2.87. The van der Waals surface area contributed by atoms with E-state index in [1.54, 1.807) is 24.3 Å². The van der Waals surface area contributed by atoms with E-state index >= 15 is 0 Å². The summed E-state index contributed by atoms with van der Waals surface area (Å²) in [6.45, 7) is 0.132. The molecule has 6 nitrogen and oxygen atoms in total. The van der Waals surface area contributed by atoms with Gasteiger partial charge in [0.25, 0.3) is 18.8 Å². The van der Waals surface area contributed by atoms with E-state index in [0.717, 1.165) is 0 Å². The van der Waals surface area contributed by atoms with Crippen molar-refractivity contribution in [3.05, 3.63) is 59.7 Å². The maximum Gasteiger partial charge on any atom is 0.287 e. The molecule has 0 spiro atoms. The fraction of sp³-hybridized carbons (Fsp3) is 0.300. The Balaban J connectivity index is 1.74. The number of alkyl halides is 4. The number of ether oxygens (including phenoxy) is 2. The topological polar surface area (TPSA) is 71.4 Å². The molecule has 1 aliphatic heterocycles. The van der Waals surface area contributed by atoms with Gasteiger partial charge in [0.1, 0.15) is 12.3 Å². The van der Waals surface area contributed by atoms with Crippen molar-refractivity contribution in [2.75, 3.05) is 7.11 Å². The van der Waals surface area contributed by atoms with E-state index in [1.807, 2.05) is 0 Å². The molecule has 1 amide bonds. The molecule has 0 aliphatic carbocycles. The van der Waals surface area contributed by atoms with Crippen LogP contribution >= 0.6 is 0 Å². The maximum atomic E-state index is 13.3. The van der Waals surface area contributed by atoms with Gasteiger partial charge < -0.3 is 14.6 Å². The highest BCUT2D eigenvalue weighted by Gasteiger charge is 2.53. The van der Waals surface area contributed by atoms with Gasteiger partial charge in [-0.3, -0.25) is 4.79 Å². The number of hydrazone groups is 1. The van der Waals surface area contributed by atoms with E-state index in [0.29, 0.717) is 17.1 Å². The standard InChI is InChI=1S/C20H18F4N2O4/c1-29-15-4-2-3-5-16(15)30-11-12-6-8-13(9-7-12)18(27)26-20(28,19(23)24)10-14(25-26)17(21)22/h2-9,17,19,28H,10-11H2,1H3/t20-/m0/s1. The predicted octanol–water partition coefficient (Wildman–Crippen LogP) is 3.69. The number of hydrogen-bond donors (Lipinski definition) is 1. The molecule has 1 N–H and O–H groups in total. The van der Waals surface area contributed by atoms with E-state index in [9.17, 15) is 27.5 Å². The number of benzene rings is 2. The minimum Gasteiger partial charge on any atom is -0.493 e. The van der Waals surface area contributed by atoms with Gasteiger partial charge in [0.05, 0.1) is 7.11 Å². The van der Waals surface area contributed by atoms with Crippen LogP contribution in [0.25, 0.3) is 0 Å². The molecule has 0 unspecified atom stereocenters. The summed E-state index contributed by atoms with van der Waals surface area (Å²) in [5, 5.41) is 13.3. The van der Waals surface area contributed by atoms with E-state index in [-0.39, 0.29) is 17.2 Å². The monoisotopic (exact) mass is 426 g/mol. The lowest BCUT2D eigenvalue weighted by Gasteiger charge is -2.30. The number of carbonyl (C=O) groups is 1. The molecule has 0 saturated heterocycles. The molecular formula is C20H18F4N2O4. The van der Waals surface area contributed by atoms with Crippen LogP contribution in [-0.4, -0.2) is 47.4 Å². The number of aliphatic hydroxyl groups is 1. The second kappa shape index (κ2) is 8.70. The molecule has 1 aliphatic rings. The second-order valence-corrected chi connectivity index (χ2v) is 6.50. The highest BCUT2D eigenvalue weighted by molar-refractivity contribution is 5.99. The zero-order valence-corrected chi connectivity index (χ0v) is 15.8. The summed E-state index contributed by atoms with van der Waals surface area (Å²) >= 11 is 0. The lowest BCUT2D eigenvalue weighted by Crippen LogP contribution is -2.51. The Hall–Kier alpha value is -3.14. The summed E-state index contributed by atoms with van der Waals surface area (Å²) in [4.78, 5) is 12.5. The summed E-state index contributed by atoms with van der Waals surface area (Å²) in [6.07, 6.45) is -7.77. The number of carbonyl (C=O) groups excluding carboxylic acids is 1. The summed E-state index contributed by atoms with van der Waals surface area (Å²) < 4.78 is 63.1. The molecule has 10 heteroatoms. The van der Waals surface area contributed by atoms with Crippen molar-refractivity contribution in [3.63, 3.8) is 0 Å². The van der Waals surface area contributed by atoms with Gasteiger partial charge in [0, 0.05) is 12.0 Å². The largest absolute Gasteiger partial charge is 0.493 e. The molecule has 2 aromatic carbocycles. The van der Waals surface area contributed by atoms with Gasteiger partial charge in [-0.05, 0) is 29.8 Å². The number of halogens is 4. The molecule has 1 atom stereocenters. The lowest BCUT2D eigenvalue weighted by molar-refractivity contribution is -0.164. The third-order valence-electron chi connectivity index (χ3n) is 4.49. The summed E-state index contributed by atoms with van der Waals surface area (Å²) in [7, 11) is 1.50. The van der Waals surface area contributed by atoms with Gasteiger partial charge >= 0.3 is 0 Å². The van der Waals surface area contributed by atoms with Crippen molar-refractivity contribution in [3.8, 4) is 11.5 Å². The third kappa shape index (κ3) is 4.23. The van der Waals surface area contributed by atoms with Crippen LogP contribution in [0.1, 0.15) is 22.3 Å². The van der Waals surface area contributed by atoms with Crippen LogP contribution in [0.4, 0.5) is 17.6 Å². The summed E-state index contributed by atoms with van der Waals surface area (Å²) in [5.41, 5.74) is -3.55. The molecule has 1 heterocycles. The molecular weight excluding hydrogens is 408 g/mol. The van der Waals surface area contributed by atoms with Crippen LogP contribution in [-0.2, 0) is 6.61 Å². The summed E-state index contributed by atoms with van der Waals surface area (Å²) in [5.74, 6) is -0.0731. The van der Waals surface area contributed by atoms with Crippen molar-refractivity contribution in [2.24, 2.45) is 5.10 Å². The van der Waals surface area contributed by atoms with Crippen LogP contribution in [0, 0.1) is 0 Å². The maximum absolute atomic E-state index is 13.3. The zero-order valence-electron chi connectivity index (χ0n) is 15.8. The fourth-order valence-corrected chi connectivity index (χ4v) is 2.87. The highest BCUT2D eigenvalue weighted by Crippen LogP contribution is 2.34. The van der Waals surface area contributed by atoms with Crippen molar-refractivity contribution < 1.29 is 36.9 Å². The first-order valence-corrected chi connectivity index (χ1v) is 8.81. The second-order valence-electron chi connectivity index (χ2n) is 6.50. The Bertz CT molecular complexity index is 937. The first kappa shape index (κ1) is 21.6. The Morgan fingerprint density at radius 3 is 2.33 bits per heavy atom. The molecule has 3 rings (SSSR count). The predicted molar refractivity (Wildman–Crippen MR) is 98.9 cm³/mol. The highest BCUT2D eigenvalue weighted by atomic mass is 19.3. The number of amides is 1. The molecule has 0 saturated carbocycles. The Morgan fingerprint density at radius 2 is 1.77 bits per heavy atom. The quantitative estimate of drug-likeness (QED) is 0.686. The van der Waals surface area contributed by atoms with Crippen molar-refractivity contribution in [1.82, 2.24) is 5.01 Å². The van der Waals surface area contributed by atoms with Crippen LogP contribution in [0.5, 0.6) is 11.5 Å². The van der Waals surface area contributed by atoms with Gasteiger partial charge in [-0.15, -0.1) is 0 Å². The lowest BCUT2D eigenvalue weighted by atomic mass is 10.1. The minimum atomic E-state index is -3.48. The SMILES string of the molecule is COc1ccccc1OCc1ccc(C(=O)N2N=C(C(F)F)C[C@]2(O)C(F)F)cc1. The molecule has 2 aromatic rings. The first-order chi connectivity index (χ1) is 14.3. The third-order valence-corrected chi connectivity index (χ3v) is 4.49. The van der Waals surface area contributed by atoms with E-state index in [1.165, 1.54) is 31.4 Å². The van der Waals surface area contributed by atoms with Crippen molar-refractivity contribution in [1.29, 1.82) is 0 Å². The van der Waals surface area contributed by atoms with Gasteiger partial charge in [0.15, 0.2) is 11.5 Å². The molecule has 30 heavy (non-hydrogen) atoms. The van der Waals surface area contributed by atoms with Crippen LogP contribution in [0.15, 0.2) is 53.6 Å². The van der Waals surface area contributed by atoms with Gasteiger partial charge in [-0.25, -0.2) is 17.6 Å². The number of nitrogens with zero attached hydrogens (tertiary/aromatic N) is 2. The zero-order chi connectivity index (χ0) is 21.9. The van der Waals surface area contributed by atoms with Gasteiger partial charge in [-0.1, -0.05) is 24.3 Å². The molecule has 0 aromatic heterocycles. The van der Waals surface area contributed by atoms with Crippen LogP contribution in [0.2, 0.25) is 0 Å². The number of rotatable bonds is 7. The van der Waals surface area contributed by atoms with Crippen LogP contribution < -0.4 is 9.47 Å². The molecule has 160 valence electrons. The molecule has 0 radical (unpaired) electrons. The Labute approximate surface area is 169 Å². The van der Waals surface area contributed by atoms with E-state index in [4.69, 9.17) is 9.47 Å². The van der Waals surface area contributed by atoms with Crippen LogP contribution in [0.3, 0.4) is 0 Å². The molecule has 0 fully saturated rings. The van der Waals surface area contributed by atoms with Crippen molar-refractivity contribution >= 4 is 11.6 Å². The average Bonchev–Trinajstić information content (AvgIpc) is 3.11. The summed E-state index contributed by atoms with van der Waals surface area (Å²) in [6, 6.07) is 12.6. The normalized spacial score (nSPS) is 18.7. The van der Waals surface area contributed by atoms with Crippen molar-refractivity contribution in [2.45, 2.75) is 31.6 Å². The number of para-hydroxylation sites is 2. The average molecular weight is 426 g/mol. The minimum absolute atomic E-state index is 0.0273. The number of hydrogen-bond acceptors (Lipinski definition) is 5. The Kier molecular flexibility index (Phi) is 6.25. The number of methoxy groups -OCH3 is 1.